The van der Waals surface area contributed by atoms with Gasteiger partial charge in [-0.05, 0) is 44.2 Å². The smallest absolute Gasteiger partial charge is 0.161 e. The van der Waals surface area contributed by atoms with Gasteiger partial charge in [0.2, 0.25) is 0 Å². The number of carbonyl (C=O) groups excluding carboxylic acids is 1. The summed E-state index contributed by atoms with van der Waals surface area (Å²) in [5.74, 6) is 0.137. The molecule has 0 N–H and O–H groups in total. The van der Waals surface area contributed by atoms with Crippen molar-refractivity contribution in [1.29, 1.82) is 0 Å². The second kappa shape index (κ2) is 6.11. The van der Waals surface area contributed by atoms with E-state index in [0.29, 0.717) is 0 Å². The van der Waals surface area contributed by atoms with Gasteiger partial charge in [0.25, 0.3) is 0 Å². The summed E-state index contributed by atoms with van der Waals surface area (Å²) in [5, 5.41) is 0.775. The average Bonchev–Trinajstić information content (AvgIpc) is 2.39. The Labute approximate surface area is 121 Å². The number of nitrogens with zero attached hydrogens (tertiary/aromatic N) is 1. The molecule has 0 radical (unpaired) electrons. The summed E-state index contributed by atoms with van der Waals surface area (Å²) in [6.07, 6.45) is 4.59. The Bertz CT molecular complexity index is 441. The van der Waals surface area contributed by atoms with Crippen molar-refractivity contribution in [3.05, 3.63) is 28.2 Å². The van der Waals surface area contributed by atoms with Gasteiger partial charge in [0.15, 0.2) is 5.78 Å². The quantitative estimate of drug-likeness (QED) is 0.783. The van der Waals surface area contributed by atoms with Gasteiger partial charge in [0.05, 0.1) is 0 Å². The van der Waals surface area contributed by atoms with Crippen molar-refractivity contribution in [1.82, 2.24) is 0 Å². The first-order chi connectivity index (χ1) is 8.61. The summed E-state index contributed by atoms with van der Waals surface area (Å²) in [6.45, 7) is 3.74. The zero-order chi connectivity index (χ0) is 13.1. The van der Waals surface area contributed by atoms with Crippen molar-refractivity contribution in [3.63, 3.8) is 0 Å². The van der Waals surface area contributed by atoms with Gasteiger partial charge in [-0.25, -0.2) is 0 Å². The van der Waals surface area contributed by atoms with E-state index in [1.165, 1.54) is 12.8 Å². The maximum absolute atomic E-state index is 11.7. The van der Waals surface area contributed by atoms with Gasteiger partial charge < -0.3 is 4.90 Å². The van der Waals surface area contributed by atoms with Gasteiger partial charge >= 0.3 is 0 Å². The molecule has 1 aromatic rings. The molecule has 4 heteroatoms. The highest BCUT2D eigenvalue weighted by Crippen LogP contribution is 2.29. The van der Waals surface area contributed by atoms with Crippen molar-refractivity contribution < 1.29 is 4.79 Å². The Kier molecular flexibility index (Phi) is 4.73. The molecule has 0 saturated carbocycles. The van der Waals surface area contributed by atoms with Gasteiger partial charge in [-0.1, -0.05) is 15.9 Å². The van der Waals surface area contributed by atoms with Crippen LogP contribution in [0.25, 0.3) is 0 Å². The lowest BCUT2D eigenvalue weighted by Crippen LogP contribution is -2.35. The van der Waals surface area contributed by atoms with E-state index in [0.717, 1.165) is 34.1 Å². The molecule has 0 unspecified atom stereocenters. The molecule has 1 saturated heterocycles. The fourth-order valence-electron chi connectivity index (χ4n) is 2.40. The number of halogens is 1. The van der Waals surface area contributed by atoms with Crippen LogP contribution in [-0.2, 0) is 0 Å². The van der Waals surface area contributed by atoms with Crippen LogP contribution in [0.15, 0.2) is 22.7 Å². The molecule has 1 aliphatic heterocycles. The van der Waals surface area contributed by atoms with Crippen LogP contribution < -0.4 is 4.90 Å². The number of thioether (sulfide) groups is 1. The van der Waals surface area contributed by atoms with E-state index in [9.17, 15) is 4.79 Å². The van der Waals surface area contributed by atoms with Gasteiger partial charge in [-0.15, -0.1) is 0 Å². The Balaban J connectivity index is 2.21. The van der Waals surface area contributed by atoms with Crippen LogP contribution in [-0.4, -0.2) is 30.4 Å². The van der Waals surface area contributed by atoms with Crippen LogP contribution in [0.3, 0.4) is 0 Å². The molecule has 0 atom stereocenters. The molecule has 1 fully saturated rings. The third-order valence-corrected chi connectivity index (χ3v) is 5.09. The first-order valence-corrected chi connectivity index (χ1v) is 8.28. The summed E-state index contributed by atoms with van der Waals surface area (Å²) < 4.78 is 0.968. The third kappa shape index (κ3) is 3.09. The number of rotatable bonds is 3. The maximum Gasteiger partial charge on any atom is 0.161 e. The highest BCUT2D eigenvalue weighted by molar-refractivity contribution is 9.10. The summed E-state index contributed by atoms with van der Waals surface area (Å²) in [6, 6.07) is 6.00. The van der Waals surface area contributed by atoms with Crippen molar-refractivity contribution in [3.8, 4) is 0 Å². The van der Waals surface area contributed by atoms with Crippen LogP contribution >= 0.6 is 27.7 Å². The number of hydrogen-bond donors (Lipinski definition) is 0. The number of hydrogen-bond acceptors (Lipinski definition) is 3. The van der Waals surface area contributed by atoms with Gasteiger partial charge in [0.1, 0.15) is 0 Å². The first-order valence-electron chi connectivity index (χ1n) is 6.20. The van der Waals surface area contributed by atoms with Crippen molar-refractivity contribution in [2.24, 2.45) is 0 Å². The summed E-state index contributed by atoms with van der Waals surface area (Å²) >= 11 is 5.39. The molecule has 0 spiro atoms. The van der Waals surface area contributed by atoms with Crippen LogP contribution in [0.1, 0.15) is 30.1 Å². The summed E-state index contributed by atoms with van der Waals surface area (Å²) in [4.78, 5) is 14.1. The van der Waals surface area contributed by atoms with Crippen molar-refractivity contribution in [2.75, 3.05) is 24.2 Å². The molecular weight excluding hydrogens is 310 g/mol. The Morgan fingerprint density at radius 3 is 2.61 bits per heavy atom. The lowest BCUT2D eigenvalue weighted by molar-refractivity contribution is 0.101. The average molecular weight is 328 g/mol. The number of ketones is 1. The predicted molar refractivity (Wildman–Crippen MR) is 82.9 cm³/mol. The molecular formula is C14H18BrNOS. The predicted octanol–water partition coefficient (Wildman–Crippen LogP) is 3.98. The van der Waals surface area contributed by atoms with Gasteiger partial charge in [0, 0.05) is 34.1 Å². The lowest BCUT2D eigenvalue weighted by Gasteiger charge is -2.34. The molecule has 1 aliphatic rings. The molecule has 0 aromatic heterocycles. The summed E-state index contributed by atoms with van der Waals surface area (Å²) in [7, 11) is 0. The van der Waals surface area contributed by atoms with Crippen LogP contribution in [0.2, 0.25) is 0 Å². The van der Waals surface area contributed by atoms with Crippen LogP contribution in [0.4, 0.5) is 5.69 Å². The van der Waals surface area contributed by atoms with E-state index in [-0.39, 0.29) is 5.78 Å². The Morgan fingerprint density at radius 2 is 2.06 bits per heavy atom. The molecule has 0 aliphatic carbocycles. The van der Waals surface area contributed by atoms with E-state index in [2.05, 4.69) is 33.2 Å². The van der Waals surface area contributed by atoms with E-state index < -0.39 is 0 Å². The largest absolute Gasteiger partial charge is 0.371 e. The SMILES string of the molecule is CSC1CCN(c2ccc(Br)cc2C(C)=O)CC1. The molecule has 0 amide bonds. The second-order valence-electron chi connectivity index (χ2n) is 4.64. The molecule has 2 nitrogen and oxygen atoms in total. The molecule has 1 heterocycles. The zero-order valence-corrected chi connectivity index (χ0v) is 13.2. The number of carbonyl (C=O) groups is 1. The third-order valence-electron chi connectivity index (χ3n) is 3.45. The van der Waals surface area contributed by atoms with E-state index in [4.69, 9.17) is 0 Å². The molecule has 1 aromatic carbocycles. The van der Waals surface area contributed by atoms with Gasteiger partial charge in [-0.2, -0.15) is 11.8 Å². The second-order valence-corrected chi connectivity index (χ2v) is 6.69. The molecule has 18 heavy (non-hydrogen) atoms. The summed E-state index contributed by atoms with van der Waals surface area (Å²) in [5.41, 5.74) is 1.91. The Morgan fingerprint density at radius 1 is 1.39 bits per heavy atom. The van der Waals surface area contributed by atoms with E-state index in [1.54, 1.807) is 6.92 Å². The normalized spacial score (nSPS) is 16.9. The minimum absolute atomic E-state index is 0.137. The molecule has 0 bridgehead atoms. The van der Waals surface area contributed by atoms with Crippen LogP contribution in [0, 0.1) is 0 Å². The lowest BCUT2D eigenvalue weighted by atomic mass is 10.0. The first kappa shape index (κ1) is 13.9. The minimum atomic E-state index is 0.137. The fraction of sp³-hybridized carbons (Fsp3) is 0.500. The fourth-order valence-corrected chi connectivity index (χ4v) is 3.44. The standard InChI is InChI=1S/C14H18BrNOS/c1-10(17)13-9-11(15)3-4-14(13)16-7-5-12(18-2)6-8-16/h3-4,9,12H,5-8H2,1-2H3. The minimum Gasteiger partial charge on any atom is -0.371 e. The number of benzene rings is 1. The van der Waals surface area contributed by atoms with Crippen LogP contribution in [0.5, 0.6) is 0 Å². The van der Waals surface area contributed by atoms with E-state index in [1.807, 2.05) is 23.9 Å². The highest BCUT2D eigenvalue weighted by atomic mass is 79.9. The van der Waals surface area contributed by atoms with E-state index >= 15 is 0 Å². The van der Waals surface area contributed by atoms with Crippen molar-refractivity contribution in [2.45, 2.75) is 25.0 Å². The Hall–Kier alpha value is -0.480. The molecule has 98 valence electrons. The van der Waals surface area contributed by atoms with Crippen molar-refractivity contribution >= 4 is 39.2 Å². The monoisotopic (exact) mass is 327 g/mol. The topological polar surface area (TPSA) is 20.3 Å². The maximum atomic E-state index is 11.7. The highest BCUT2D eigenvalue weighted by Gasteiger charge is 2.21. The van der Waals surface area contributed by atoms with Gasteiger partial charge in [-0.3, -0.25) is 4.79 Å². The molecule has 2 rings (SSSR count). The zero-order valence-electron chi connectivity index (χ0n) is 10.8. The number of anilines is 1. The number of Topliss-reactive ketones (excluding diaryl/α,β-unsaturated/α-hetero) is 1. The number of piperidine rings is 1.